The van der Waals surface area contributed by atoms with Crippen LogP contribution in [0.25, 0.3) is 0 Å². The van der Waals surface area contributed by atoms with Crippen LogP contribution in [0.1, 0.15) is 0 Å². The zero-order chi connectivity index (χ0) is 7.40. The van der Waals surface area contributed by atoms with Crippen molar-refractivity contribution in [3.8, 4) is 0 Å². The highest BCUT2D eigenvalue weighted by molar-refractivity contribution is 9.09. The van der Waals surface area contributed by atoms with Crippen molar-refractivity contribution in [3.05, 3.63) is 0 Å². The van der Waals surface area contributed by atoms with Crippen LogP contribution in [0.2, 0.25) is 0 Å². The van der Waals surface area contributed by atoms with Gasteiger partial charge in [0.1, 0.15) is 0 Å². The molecule has 1 amide bonds. The summed E-state index contributed by atoms with van der Waals surface area (Å²) in [6.45, 7) is 0. The van der Waals surface area contributed by atoms with Gasteiger partial charge in [-0.05, 0) is 5.21 Å². The SMILES string of the molecule is O=C(CBr)Nc1nnns1. The van der Waals surface area contributed by atoms with Crippen molar-refractivity contribution in [1.82, 2.24) is 14.8 Å². The molecule has 0 radical (unpaired) electrons. The predicted octanol–water partition coefficient (Wildman–Crippen LogP) is 0.266. The topological polar surface area (TPSA) is 67.8 Å². The molecule has 0 aliphatic rings. The lowest BCUT2D eigenvalue weighted by Gasteiger charge is -1.91. The first-order valence-corrected chi connectivity index (χ1v) is 4.23. The zero-order valence-electron chi connectivity index (χ0n) is 4.74. The van der Waals surface area contributed by atoms with E-state index in [1.807, 2.05) is 0 Å². The van der Waals surface area contributed by atoms with E-state index in [4.69, 9.17) is 0 Å². The van der Waals surface area contributed by atoms with E-state index in [1.165, 1.54) is 0 Å². The second-order valence-electron chi connectivity index (χ2n) is 1.35. The van der Waals surface area contributed by atoms with Gasteiger partial charge < -0.3 is 0 Å². The molecular formula is C3H3BrN4OS. The molecule has 0 spiro atoms. The summed E-state index contributed by atoms with van der Waals surface area (Å²) in [6.07, 6.45) is 0. The predicted molar refractivity (Wildman–Crippen MR) is 40.1 cm³/mol. The molecule has 0 aromatic carbocycles. The number of nitrogens with one attached hydrogen (secondary N) is 1. The molecule has 0 saturated carbocycles. The minimum atomic E-state index is -0.154. The normalized spacial score (nSPS) is 9.30. The number of anilines is 1. The van der Waals surface area contributed by atoms with E-state index in [0.29, 0.717) is 5.13 Å². The molecule has 5 nitrogen and oxygen atoms in total. The first-order chi connectivity index (χ1) is 4.83. The first-order valence-electron chi connectivity index (χ1n) is 2.34. The first kappa shape index (κ1) is 7.55. The fourth-order valence-electron chi connectivity index (χ4n) is 0.335. The number of hydrogen-bond acceptors (Lipinski definition) is 5. The molecule has 1 rings (SSSR count). The van der Waals surface area contributed by atoms with Gasteiger partial charge in [-0.1, -0.05) is 25.5 Å². The summed E-state index contributed by atoms with van der Waals surface area (Å²) in [6, 6.07) is 0. The van der Waals surface area contributed by atoms with Gasteiger partial charge in [-0.3, -0.25) is 10.1 Å². The van der Waals surface area contributed by atoms with Crippen LogP contribution >= 0.6 is 27.5 Å². The van der Waals surface area contributed by atoms with Crippen LogP contribution < -0.4 is 5.32 Å². The highest BCUT2D eigenvalue weighted by Crippen LogP contribution is 2.03. The Labute approximate surface area is 69.1 Å². The summed E-state index contributed by atoms with van der Waals surface area (Å²) in [7, 11) is 0. The van der Waals surface area contributed by atoms with Gasteiger partial charge >= 0.3 is 0 Å². The summed E-state index contributed by atoms with van der Waals surface area (Å²) in [5, 5.41) is 9.95. The molecule has 1 aromatic heterocycles. The van der Waals surface area contributed by atoms with E-state index in [2.05, 4.69) is 36.0 Å². The molecule has 10 heavy (non-hydrogen) atoms. The van der Waals surface area contributed by atoms with Crippen molar-refractivity contribution < 1.29 is 4.79 Å². The molecule has 1 heterocycles. The Morgan fingerprint density at radius 2 is 2.60 bits per heavy atom. The van der Waals surface area contributed by atoms with E-state index >= 15 is 0 Å². The van der Waals surface area contributed by atoms with Gasteiger partial charge in [-0.15, -0.1) is 0 Å². The molecule has 1 aromatic rings. The monoisotopic (exact) mass is 222 g/mol. The standard InChI is InChI=1S/C3H3BrN4OS/c4-1-2(9)5-3-6-7-8-10-3/h1H2,(H,5,6,8,9). The van der Waals surface area contributed by atoms with Crippen LogP contribution in [0.15, 0.2) is 0 Å². The van der Waals surface area contributed by atoms with Crippen molar-refractivity contribution in [2.24, 2.45) is 0 Å². The highest BCUT2D eigenvalue weighted by atomic mass is 79.9. The van der Waals surface area contributed by atoms with Crippen LogP contribution in [0.5, 0.6) is 0 Å². The lowest BCUT2D eigenvalue weighted by Crippen LogP contribution is -2.11. The smallest absolute Gasteiger partial charge is 0.236 e. The van der Waals surface area contributed by atoms with Crippen molar-refractivity contribution in [2.75, 3.05) is 10.6 Å². The number of nitrogens with zero attached hydrogens (tertiary/aromatic N) is 3. The summed E-state index contributed by atoms with van der Waals surface area (Å²) in [4.78, 5) is 10.6. The van der Waals surface area contributed by atoms with Crippen molar-refractivity contribution in [2.45, 2.75) is 0 Å². The molecule has 7 heteroatoms. The Kier molecular flexibility index (Phi) is 2.69. The maximum atomic E-state index is 10.6. The lowest BCUT2D eigenvalue weighted by molar-refractivity contribution is -0.113. The second kappa shape index (κ2) is 3.57. The van der Waals surface area contributed by atoms with E-state index in [-0.39, 0.29) is 11.2 Å². The van der Waals surface area contributed by atoms with Crippen LogP contribution in [0.3, 0.4) is 0 Å². The fourth-order valence-corrected chi connectivity index (χ4v) is 0.858. The number of rotatable bonds is 2. The maximum absolute atomic E-state index is 10.6. The van der Waals surface area contributed by atoms with Gasteiger partial charge in [0.15, 0.2) is 0 Å². The molecule has 0 atom stereocenters. The second-order valence-corrected chi connectivity index (χ2v) is 2.64. The Morgan fingerprint density at radius 3 is 3.10 bits per heavy atom. The van der Waals surface area contributed by atoms with E-state index in [1.54, 1.807) is 0 Å². The summed E-state index contributed by atoms with van der Waals surface area (Å²) < 4.78 is 3.46. The zero-order valence-corrected chi connectivity index (χ0v) is 7.15. The number of halogens is 1. The minimum absolute atomic E-state index is 0.154. The number of carbonyl (C=O) groups is 1. The highest BCUT2D eigenvalue weighted by Gasteiger charge is 2.01. The molecule has 0 unspecified atom stereocenters. The Hall–Kier alpha value is -0.560. The van der Waals surface area contributed by atoms with Crippen molar-refractivity contribution in [3.63, 3.8) is 0 Å². The third kappa shape index (κ3) is 1.99. The van der Waals surface area contributed by atoms with Gasteiger partial charge in [0.05, 0.1) is 5.33 Å². The molecule has 0 aliphatic carbocycles. The molecule has 0 bridgehead atoms. The van der Waals surface area contributed by atoms with E-state index < -0.39 is 0 Å². The Morgan fingerprint density at radius 1 is 1.80 bits per heavy atom. The molecule has 1 N–H and O–H groups in total. The summed E-state index contributed by atoms with van der Waals surface area (Å²) in [5.74, 6) is -0.154. The Bertz CT molecular complexity index is 212. The number of amides is 1. The third-order valence-corrected chi connectivity index (χ3v) is 1.69. The summed E-state index contributed by atoms with van der Waals surface area (Å²) in [5.41, 5.74) is 0. The lowest BCUT2D eigenvalue weighted by atomic mass is 10.7. The fraction of sp³-hybridized carbons (Fsp3) is 0.333. The molecule has 54 valence electrons. The average molecular weight is 223 g/mol. The largest absolute Gasteiger partial charge is 0.299 e. The van der Waals surface area contributed by atoms with Crippen molar-refractivity contribution >= 4 is 38.5 Å². The number of aromatic nitrogens is 3. The Balaban J connectivity index is 2.48. The number of alkyl halides is 1. The molecule has 0 aliphatic heterocycles. The van der Waals surface area contributed by atoms with Gasteiger partial charge in [0.2, 0.25) is 11.0 Å². The van der Waals surface area contributed by atoms with Crippen LogP contribution in [-0.2, 0) is 4.79 Å². The quantitative estimate of drug-likeness (QED) is 0.730. The van der Waals surface area contributed by atoms with E-state index in [9.17, 15) is 4.79 Å². The molecule has 0 saturated heterocycles. The van der Waals surface area contributed by atoms with Gasteiger partial charge in [0.25, 0.3) is 0 Å². The van der Waals surface area contributed by atoms with Crippen LogP contribution in [0, 0.1) is 0 Å². The third-order valence-electron chi connectivity index (χ3n) is 0.667. The van der Waals surface area contributed by atoms with Crippen LogP contribution in [-0.4, -0.2) is 26.0 Å². The van der Waals surface area contributed by atoms with Gasteiger partial charge in [-0.2, -0.15) is 0 Å². The van der Waals surface area contributed by atoms with Crippen molar-refractivity contribution in [1.29, 1.82) is 0 Å². The number of carbonyl (C=O) groups excluding carboxylic acids is 1. The van der Waals surface area contributed by atoms with Crippen LogP contribution in [0.4, 0.5) is 5.13 Å². The number of hydrogen-bond donors (Lipinski definition) is 1. The van der Waals surface area contributed by atoms with Gasteiger partial charge in [-0.25, -0.2) is 0 Å². The minimum Gasteiger partial charge on any atom is -0.299 e. The summed E-state index contributed by atoms with van der Waals surface area (Å²) >= 11 is 4.03. The van der Waals surface area contributed by atoms with Gasteiger partial charge in [0, 0.05) is 11.5 Å². The average Bonchev–Trinajstić information content (AvgIpc) is 2.40. The molecular weight excluding hydrogens is 220 g/mol. The maximum Gasteiger partial charge on any atom is 0.236 e. The molecule has 0 fully saturated rings. The van der Waals surface area contributed by atoms with E-state index in [0.717, 1.165) is 11.5 Å².